The summed E-state index contributed by atoms with van der Waals surface area (Å²) in [6.07, 6.45) is 1.89. The Morgan fingerprint density at radius 3 is 2.27 bits per heavy atom. The lowest BCUT2D eigenvalue weighted by Gasteiger charge is -2.01. The molecule has 1 aromatic heterocycles. The summed E-state index contributed by atoms with van der Waals surface area (Å²) in [5, 5.41) is 0.949. The fraction of sp³-hybridized carbons (Fsp3) is 0.111. The highest BCUT2D eigenvalue weighted by atomic mass is 32.1. The van der Waals surface area contributed by atoms with Crippen molar-refractivity contribution in [1.29, 1.82) is 0 Å². The van der Waals surface area contributed by atoms with E-state index in [1.165, 1.54) is 18.1 Å². The molecule has 1 heterocycles. The highest BCUT2D eigenvalue weighted by molar-refractivity contribution is 7.18. The van der Waals surface area contributed by atoms with Crippen LogP contribution in [-0.4, -0.2) is 11.0 Å². The molecule has 0 radical (unpaired) electrons. The molecule has 0 saturated heterocycles. The van der Waals surface area contributed by atoms with Crippen LogP contribution in [0.25, 0.3) is 21.0 Å². The van der Waals surface area contributed by atoms with Crippen molar-refractivity contribution in [3.63, 3.8) is 0 Å². The van der Waals surface area contributed by atoms with Gasteiger partial charge in [0.2, 0.25) is 0 Å². The predicted molar refractivity (Wildman–Crippen MR) is 89.0 cm³/mol. The predicted octanol–water partition coefficient (Wildman–Crippen LogP) is 4.71. The molecule has 0 saturated carbocycles. The number of aryl methyl sites for hydroxylation is 1. The van der Waals surface area contributed by atoms with Gasteiger partial charge >= 0.3 is 5.97 Å². The highest BCUT2D eigenvalue weighted by Crippen LogP contribution is 2.32. The quantitative estimate of drug-likeness (QED) is 0.519. The Bertz CT molecular complexity index is 789. The van der Waals surface area contributed by atoms with Gasteiger partial charge in [0.1, 0.15) is 10.8 Å². The number of aromatic nitrogens is 1. The monoisotopic (exact) mass is 309 g/mol. The number of esters is 1. The zero-order valence-corrected chi connectivity index (χ0v) is 13.2. The van der Waals surface area contributed by atoms with E-state index in [0.717, 1.165) is 15.4 Å². The van der Waals surface area contributed by atoms with Gasteiger partial charge < -0.3 is 4.74 Å². The molecule has 0 spiro atoms. The highest BCUT2D eigenvalue weighted by Gasteiger charge is 2.07. The molecule has 0 aliphatic carbocycles. The maximum atomic E-state index is 10.9. The van der Waals surface area contributed by atoms with Crippen LogP contribution in [0, 0.1) is 6.92 Å². The number of rotatable bonds is 3. The number of ether oxygens (including phenoxy) is 1. The van der Waals surface area contributed by atoms with Crippen molar-refractivity contribution in [3.8, 4) is 26.8 Å². The summed E-state index contributed by atoms with van der Waals surface area (Å²) in [6, 6.07) is 15.8. The van der Waals surface area contributed by atoms with Crippen molar-refractivity contribution in [2.24, 2.45) is 0 Å². The summed E-state index contributed by atoms with van der Waals surface area (Å²) in [5.74, 6) is 0.232. The second kappa shape index (κ2) is 6.12. The van der Waals surface area contributed by atoms with Crippen LogP contribution >= 0.6 is 11.3 Å². The summed E-state index contributed by atoms with van der Waals surface area (Å²) in [7, 11) is 0. The maximum absolute atomic E-state index is 10.9. The number of hydrogen-bond acceptors (Lipinski definition) is 4. The zero-order valence-electron chi connectivity index (χ0n) is 12.4. The maximum Gasteiger partial charge on any atom is 0.308 e. The van der Waals surface area contributed by atoms with Crippen molar-refractivity contribution in [2.45, 2.75) is 13.8 Å². The average Bonchev–Trinajstić information content (AvgIpc) is 2.98. The van der Waals surface area contributed by atoms with Crippen LogP contribution in [0.2, 0.25) is 0 Å². The normalized spacial score (nSPS) is 10.5. The number of carbonyl (C=O) groups excluding carboxylic acids is 1. The molecule has 0 unspecified atom stereocenters. The first-order valence-electron chi connectivity index (χ1n) is 6.93. The second-order valence-electron chi connectivity index (χ2n) is 5.01. The topological polar surface area (TPSA) is 39.2 Å². The van der Waals surface area contributed by atoms with E-state index in [9.17, 15) is 4.79 Å². The standard InChI is InChI=1S/C18H15NO2S/c1-12-3-5-14(6-4-12)17-11-19-18(22-17)15-7-9-16(10-8-15)21-13(2)20/h3-11H,1-2H3. The molecule has 0 aliphatic rings. The molecule has 0 N–H and O–H groups in total. The minimum absolute atomic E-state index is 0.316. The first kappa shape index (κ1) is 14.5. The van der Waals surface area contributed by atoms with E-state index < -0.39 is 0 Å². The third-order valence-corrected chi connectivity index (χ3v) is 4.30. The zero-order chi connectivity index (χ0) is 15.5. The van der Waals surface area contributed by atoms with Gasteiger partial charge in [-0.3, -0.25) is 4.79 Å². The van der Waals surface area contributed by atoms with Crippen LogP contribution in [0.1, 0.15) is 12.5 Å². The molecule has 3 aromatic rings. The van der Waals surface area contributed by atoms with Crippen molar-refractivity contribution in [3.05, 3.63) is 60.3 Å². The third-order valence-electron chi connectivity index (χ3n) is 3.20. The number of nitrogens with zero attached hydrogens (tertiary/aromatic N) is 1. The number of benzene rings is 2. The van der Waals surface area contributed by atoms with E-state index >= 15 is 0 Å². The van der Waals surface area contributed by atoms with E-state index in [2.05, 4.69) is 36.2 Å². The van der Waals surface area contributed by atoms with Gasteiger partial charge in [-0.25, -0.2) is 4.98 Å². The summed E-state index contributed by atoms with van der Waals surface area (Å²) < 4.78 is 5.03. The summed E-state index contributed by atoms with van der Waals surface area (Å²) >= 11 is 1.65. The van der Waals surface area contributed by atoms with Crippen LogP contribution in [0.15, 0.2) is 54.7 Å². The van der Waals surface area contributed by atoms with E-state index in [1.54, 1.807) is 23.5 Å². The van der Waals surface area contributed by atoms with Crippen LogP contribution in [0.4, 0.5) is 0 Å². The lowest BCUT2D eigenvalue weighted by molar-refractivity contribution is -0.131. The minimum atomic E-state index is -0.316. The van der Waals surface area contributed by atoms with Gasteiger partial charge in [0.15, 0.2) is 0 Å². The Hall–Kier alpha value is -2.46. The number of thiazole rings is 1. The molecule has 4 heteroatoms. The molecule has 0 fully saturated rings. The van der Waals surface area contributed by atoms with Gasteiger partial charge in [0, 0.05) is 18.7 Å². The third kappa shape index (κ3) is 3.23. The first-order valence-corrected chi connectivity index (χ1v) is 7.75. The molecule has 3 nitrogen and oxygen atoms in total. The van der Waals surface area contributed by atoms with E-state index in [-0.39, 0.29) is 5.97 Å². The van der Waals surface area contributed by atoms with Crippen molar-refractivity contribution in [2.75, 3.05) is 0 Å². The molecule has 0 bridgehead atoms. The average molecular weight is 309 g/mol. The van der Waals surface area contributed by atoms with Gasteiger partial charge in [0.05, 0.1) is 4.88 Å². The van der Waals surface area contributed by atoms with Crippen molar-refractivity contribution in [1.82, 2.24) is 4.98 Å². The van der Waals surface area contributed by atoms with Crippen molar-refractivity contribution < 1.29 is 9.53 Å². The summed E-state index contributed by atoms with van der Waals surface area (Å²) in [4.78, 5) is 16.5. The minimum Gasteiger partial charge on any atom is -0.427 e. The Balaban J connectivity index is 1.84. The SMILES string of the molecule is CC(=O)Oc1ccc(-c2ncc(-c3ccc(C)cc3)s2)cc1. The summed E-state index contributed by atoms with van der Waals surface area (Å²) in [5.41, 5.74) is 3.43. The van der Waals surface area contributed by atoms with Gasteiger partial charge in [-0.15, -0.1) is 11.3 Å². The summed E-state index contributed by atoms with van der Waals surface area (Å²) in [6.45, 7) is 3.47. The molecule has 3 rings (SSSR count). The fourth-order valence-electron chi connectivity index (χ4n) is 2.09. The molecular formula is C18H15NO2S. The second-order valence-corrected chi connectivity index (χ2v) is 6.04. The van der Waals surface area contributed by atoms with Gasteiger partial charge in [-0.1, -0.05) is 29.8 Å². The Morgan fingerprint density at radius 1 is 1.00 bits per heavy atom. The van der Waals surface area contributed by atoms with Gasteiger partial charge in [0.25, 0.3) is 0 Å². The number of hydrogen-bond donors (Lipinski definition) is 0. The smallest absolute Gasteiger partial charge is 0.308 e. The fourth-order valence-corrected chi connectivity index (χ4v) is 3.02. The Kier molecular flexibility index (Phi) is 4.02. The molecule has 110 valence electrons. The molecule has 0 atom stereocenters. The van der Waals surface area contributed by atoms with Crippen molar-refractivity contribution >= 4 is 17.3 Å². The Morgan fingerprint density at radius 2 is 1.64 bits per heavy atom. The van der Waals surface area contributed by atoms with Gasteiger partial charge in [-0.05, 0) is 36.8 Å². The Labute approximate surface area is 133 Å². The van der Waals surface area contributed by atoms with E-state index in [4.69, 9.17) is 4.74 Å². The molecule has 0 aliphatic heterocycles. The molecular weight excluding hydrogens is 294 g/mol. The van der Waals surface area contributed by atoms with Gasteiger partial charge in [-0.2, -0.15) is 0 Å². The number of carbonyl (C=O) groups is 1. The van der Waals surface area contributed by atoms with Crippen LogP contribution in [-0.2, 0) is 4.79 Å². The van der Waals surface area contributed by atoms with E-state index in [0.29, 0.717) is 5.75 Å². The lowest BCUT2D eigenvalue weighted by atomic mass is 10.1. The van der Waals surface area contributed by atoms with Crippen LogP contribution < -0.4 is 4.74 Å². The van der Waals surface area contributed by atoms with Crippen LogP contribution in [0.5, 0.6) is 5.75 Å². The molecule has 22 heavy (non-hydrogen) atoms. The van der Waals surface area contributed by atoms with Crippen LogP contribution in [0.3, 0.4) is 0 Å². The lowest BCUT2D eigenvalue weighted by Crippen LogP contribution is -2.00. The van der Waals surface area contributed by atoms with E-state index in [1.807, 2.05) is 18.3 Å². The first-order chi connectivity index (χ1) is 10.6. The molecule has 0 amide bonds. The largest absolute Gasteiger partial charge is 0.427 e. The molecule has 2 aromatic carbocycles.